The van der Waals surface area contributed by atoms with E-state index < -0.39 is 0 Å². The number of aromatic nitrogens is 2. The number of carbonyl (C=O) groups excluding carboxylic acids is 2. The molecule has 0 atom stereocenters. The van der Waals surface area contributed by atoms with Gasteiger partial charge in [0.15, 0.2) is 0 Å². The van der Waals surface area contributed by atoms with Crippen LogP contribution in [-0.2, 0) is 17.7 Å². The Balaban J connectivity index is 1.50. The van der Waals surface area contributed by atoms with Crippen molar-refractivity contribution in [2.45, 2.75) is 25.8 Å². The van der Waals surface area contributed by atoms with E-state index in [9.17, 15) is 14.0 Å². The maximum absolute atomic E-state index is 13.9. The molecule has 0 bridgehead atoms. The van der Waals surface area contributed by atoms with Crippen LogP contribution in [0.4, 0.5) is 10.2 Å². The van der Waals surface area contributed by atoms with Gasteiger partial charge in [0.25, 0.3) is 11.8 Å². The van der Waals surface area contributed by atoms with Crippen molar-refractivity contribution < 1.29 is 18.7 Å². The molecule has 4 heterocycles. The lowest BCUT2D eigenvalue weighted by molar-refractivity contribution is 0.0611. The highest BCUT2D eigenvalue weighted by molar-refractivity contribution is 6.07. The van der Waals surface area contributed by atoms with E-state index in [1.165, 1.54) is 12.1 Å². The highest BCUT2D eigenvalue weighted by Gasteiger charge is 2.32. The van der Waals surface area contributed by atoms with Gasteiger partial charge < -0.3 is 19.9 Å². The molecule has 1 fully saturated rings. The normalized spacial score (nSPS) is 15.5. The molecule has 1 saturated heterocycles. The fourth-order valence-corrected chi connectivity index (χ4v) is 5.57. The van der Waals surface area contributed by atoms with Gasteiger partial charge in [-0.3, -0.25) is 9.59 Å². The van der Waals surface area contributed by atoms with E-state index in [2.05, 4.69) is 20.2 Å². The smallest absolute Gasteiger partial charge is 0.256 e. The van der Waals surface area contributed by atoms with Gasteiger partial charge in [-0.15, -0.1) is 0 Å². The van der Waals surface area contributed by atoms with Gasteiger partial charge in [-0.25, -0.2) is 9.37 Å². The highest BCUT2D eigenvalue weighted by atomic mass is 19.1. The zero-order valence-electron chi connectivity index (χ0n) is 21.5. The van der Waals surface area contributed by atoms with Crippen LogP contribution in [0.25, 0.3) is 22.4 Å². The lowest BCUT2D eigenvalue weighted by Gasteiger charge is -2.26. The van der Waals surface area contributed by atoms with Gasteiger partial charge in [0.05, 0.1) is 11.3 Å². The van der Waals surface area contributed by atoms with Crippen molar-refractivity contribution in [1.29, 1.82) is 0 Å². The Morgan fingerprint density at radius 2 is 1.79 bits per heavy atom. The first kappa shape index (κ1) is 25.0. The Kier molecular flexibility index (Phi) is 6.94. The first-order valence-electron chi connectivity index (χ1n) is 13.3. The van der Waals surface area contributed by atoms with Gasteiger partial charge in [0.2, 0.25) is 0 Å². The summed E-state index contributed by atoms with van der Waals surface area (Å²) < 4.78 is 21.8. The Bertz CT molecular complexity index is 1510. The number of nitrogens with zero attached hydrogens (tertiary/aromatic N) is 2. The molecule has 8 heteroatoms. The van der Waals surface area contributed by atoms with E-state index in [1.807, 2.05) is 30.3 Å². The second-order valence-electron chi connectivity index (χ2n) is 9.97. The van der Waals surface area contributed by atoms with E-state index in [4.69, 9.17) is 4.74 Å². The third-order valence-electron chi connectivity index (χ3n) is 7.47. The fraction of sp³-hybridized carbons (Fsp3) is 0.258. The number of ether oxygens (including phenoxy) is 1. The molecule has 2 amide bonds. The first-order chi connectivity index (χ1) is 19.1. The number of amides is 2. The molecule has 0 aliphatic carbocycles. The number of hydrogen-bond acceptors (Lipinski definition) is 4. The summed E-state index contributed by atoms with van der Waals surface area (Å²) in [5.74, 6) is 0.0892. The Morgan fingerprint density at radius 3 is 2.56 bits per heavy atom. The lowest BCUT2D eigenvalue weighted by Crippen LogP contribution is -2.33. The summed E-state index contributed by atoms with van der Waals surface area (Å²) in [6.07, 6.45) is 4.24. The summed E-state index contributed by atoms with van der Waals surface area (Å²) in [5.41, 5.74) is 5.35. The van der Waals surface area contributed by atoms with Gasteiger partial charge in [-0.05, 0) is 60.7 Å². The first-order valence-corrected chi connectivity index (χ1v) is 13.3. The van der Waals surface area contributed by atoms with Crippen molar-refractivity contribution in [2.24, 2.45) is 5.92 Å². The molecule has 4 aromatic rings. The number of anilines is 1. The number of fused-ring (bicyclic) bond motifs is 1. The number of rotatable bonds is 6. The summed E-state index contributed by atoms with van der Waals surface area (Å²) in [4.78, 5) is 30.6. The molecule has 2 aromatic heterocycles. The second-order valence-corrected chi connectivity index (χ2v) is 9.97. The predicted molar refractivity (Wildman–Crippen MR) is 147 cm³/mol. The predicted octanol–water partition coefficient (Wildman–Crippen LogP) is 5.32. The van der Waals surface area contributed by atoms with Gasteiger partial charge in [-0.1, -0.05) is 30.3 Å². The van der Waals surface area contributed by atoms with Crippen LogP contribution in [0.5, 0.6) is 0 Å². The van der Waals surface area contributed by atoms with E-state index in [0.717, 1.165) is 60.7 Å². The molecule has 0 spiro atoms. The van der Waals surface area contributed by atoms with Crippen LogP contribution in [0.2, 0.25) is 0 Å². The largest absolute Gasteiger partial charge is 0.381 e. The molecular formula is C31H29FN4O3. The third kappa shape index (κ3) is 5.07. The summed E-state index contributed by atoms with van der Waals surface area (Å²) in [5, 5.41) is 5.90. The minimum atomic E-state index is -0.338. The van der Waals surface area contributed by atoms with Crippen molar-refractivity contribution in [3.05, 3.63) is 95.6 Å². The zero-order chi connectivity index (χ0) is 26.8. The van der Waals surface area contributed by atoms with E-state index in [-0.39, 0.29) is 17.6 Å². The van der Waals surface area contributed by atoms with Crippen LogP contribution in [-0.4, -0.2) is 41.1 Å². The van der Waals surface area contributed by atoms with Crippen LogP contribution in [0.3, 0.4) is 0 Å². The Morgan fingerprint density at radius 1 is 1.03 bits per heavy atom. The van der Waals surface area contributed by atoms with Crippen LogP contribution >= 0.6 is 0 Å². The highest BCUT2D eigenvalue weighted by Crippen LogP contribution is 2.42. The zero-order valence-corrected chi connectivity index (χ0v) is 21.5. The topological polar surface area (TPSA) is 85.3 Å². The number of benzene rings is 2. The van der Waals surface area contributed by atoms with Crippen LogP contribution in [0.1, 0.15) is 39.3 Å². The molecule has 6 rings (SSSR count). The van der Waals surface area contributed by atoms with E-state index >= 15 is 0 Å². The molecule has 2 aromatic carbocycles. The van der Waals surface area contributed by atoms with E-state index in [1.54, 1.807) is 30.5 Å². The average Bonchev–Trinajstić information content (AvgIpc) is 3.29. The molecule has 2 N–H and O–H groups in total. The van der Waals surface area contributed by atoms with Crippen molar-refractivity contribution in [3.63, 3.8) is 0 Å². The minimum Gasteiger partial charge on any atom is -0.381 e. The van der Waals surface area contributed by atoms with Crippen molar-refractivity contribution >= 4 is 17.6 Å². The number of nitrogens with one attached hydrogen (secondary N) is 2. The summed E-state index contributed by atoms with van der Waals surface area (Å²) in [6.45, 7) is 2.74. The maximum Gasteiger partial charge on any atom is 0.256 e. The molecule has 0 unspecified atom stereocenters. The van der Waals surface area contributed by atoms with Gasteiger partial charge >= 0.3 is 0 Å². The van der Waals surface area contributed by atoms with Gasteiger partial charge in [-0.2, -0.15) is 0 Å². The number of pyridine rings is 1. The number of halogens is 1. The average molecular weight is 525 g/mol. The fourth-order valence-electron chi connectivity index (χ4n) is 5.57. The maximum atomic E-state index is 13.9. The molecule has 198 valence electrons. The van der Waals surface area contributed by atoms with Crippen LogP contribution in [0.15, 0.2) is 72.9 Å². The van der Waals surface area contributed by atoms with Gasteiger partial charge in [0.1, 0.15) is 11.6 Å². The van der Waals surface area contributed by atoms with Crippen molar-refractivity contribution in [1.82, 2.24) is 14.9 Å². The molecule has 7 nitrogen and oxygen atoms in total. The third-order valence-corrected chi connectivity index (χ3v) is 7.47. The summed E-state index contributed by atoms with van der Waals surface area (Å²) in [7, 11) is 0. The number of hydrogen-bond donors (Lipinski definition) is 2. The van der Waals surface area contributed by atoms with E-state index in [0.29, 0.717) is 35.8 Å². The Labute approximate surface area is 226 Å². The van der Waals surface area contributed by atoms with Gasteiger partial charge in [0, 0.05) is 61.3 Å². The summed E-state index contributed by atoms with van der Waals surface area (Å²) in [6, 6.07) is 19.0. The monoisotopic (exact) mass is 524 g/mol. The molecule has 0 radical (unpaired) electrons. The molecule has 0 saturated carbocycles. The summed E-state index contributed by atoms with van der Waals surface area (Å²) >= 11 is 0. The molecule has 2 aliphatic rings. The van der Waals surface area contributed by atoms with Crippen LogP contribution in [0, 0.1) is 11.7 Å². The minimum absolute atomic E-state index is 0.130. The SMILES string of the molecule is O=C(Nc1cc(-c2c(-c3ccc(F)cc3)c3c(n2CC2CCOCC2)CCNC3=O)ccn1)c1ccccc1. The van der Waals surface area contributed by atoms with Crippen molar-refractivity contribution in [2.75, 3.05) is 25.1 Å². The quantitative estimate of drug-likeness (QED) is 0.358. The molecule has 39 heavy (non-hydrogen) atoms. The number of carbonyl (C=O) groups is 2. The molecule has 2 aliphatic heterocycles. The second kappa shape index (κ2) is 10.8. The lowest BCUT2D eigenvalue weighted by atomic mass is 9.95. The molecular weight excluding hydrogens is 495 g/mol. The van der Waals surface area contributed by atoms with Crippen molar-refractivity contribution in [3.8, 4) is 22.4 Å². The standard InChI is InChI=1S/C31H29FN4O3/c32-24-8-6-21(7-9-24)27-28-25(11-15-34-31(28)38)36(19-20-12-16-39-17-13-20)29(27)23-10-14-33-26(18-23)35-30(37)22-4-2-1-3-5-22/h1-10,14,18,20H,11-13,15-17,19H2,(H,34,38)(H,33,35,37). The Hall–Kier alpha value is -4.30. The van der Waals surface area contributed by atoms with Crippen LogP contribution < -0.4 is 10.6 Å².